The molecule has 15 heavy (non-hydrogen) atoms. The monoisotopic (exact) mass is 222 g/mol. The second kappa shape index (κ2) is 3.95. The summed E-state index contributed by atoms with van der Waals surface area (Å²) < 4.78 is 7.01. The van der Waals surface area contributed by atoms with Gasteiger partial charge in [0.25, 0.3) is 0 Å². The molecule has 0 radical (unpaired) electrons. The zero-order valence-corrected chi connectivity index (χ0v) is 9.32. The highest BCUT2D eigenvalue weighted by molar-refractivity contribution is 6.30. The first-order valence-electron chi connectivity index (χ1n) is 4.57. The van der Waals surface area contributed by atoms with Crippen molar-refractivity contribution in [2.75, 3.05) is 7.11 Å². The van der Waals surface area contributed by atoms with Crippen LogP contribution < -0.4 is 4.74 Å². The predicted molar refractivity (Wildman–Crippen MR) is 59.9 cm³/mol. The predicted octanol–water partition coefficient (Wildman–Crippen LogP) is 2.84. The lowest BCUT2D eigenvalue weighted by Crippen LogP contribution is -1.99. The number of hydrogen-bond donors (Lipinski definition) is 0. The van der Waals surface area contributed by atoms with Gasteiger partial charge >= 0.3 is 0 Å². The molecule has 0 aliphatic carbocycles. The van der Waals surface area contributed by atoms with Gasteiger partial charge in [0, 0.05) is 10.6 Å². The fourth-order valence-electron chi connectivity index (χ4n) is 1.43. The molecule has 78 valence electrons. The van der Waals surface area contributed by atoms with Crippen LogP contribution in [0, 0.1) is 6.92 Å². The number of halogens is 1. The Kier molecular flexibility index (Phi) is 2.64. The summed E-state index contributed by atoms with van der Waals surface area (Å²) in [5.41, 5.74) is 1.94. The van der Waals surface area contributed by atoms with Crippen LogP contribution in [0.25, 0.3) is 5.69 Å². The quantitative estimate of drug-likeness (QED) is 0.781. The Balaban J connectivity index is 2.49. The van der Waals surface area contributed by atoms with Gasteiger partial charge in [-0.05, 0) is 31.2 Å². The Morgan fingerprint density at radius 3 is 2.53 bits per heavy atom. The summed E-state index contributed by atoms with van der Waals surface area (Å²) in [6, 6.07) is 7.45. The molecule has 0 aliphatic heterocycles. The van der Waals surface area contributed by atoms with E-state index in [0.29, 0.717) is 5.02 Å². The van der Waals surface area contributed by atoms with Gasteiger partial charge in [-0.3, -0.25) is 0 Å². The van der Waals surface area contributed by atoms with Gasteiger partial charge in [-0.25, -0.2) is 4.68 Å². The first-order valence-corrected chi connectivity index (χ1v) is 4.94. The third-order valence-electron chi connectivity index (χ3n) is 2.16. The zero-order chi connectivity index (χ0) is 10.8. The maximum Gasteiger partial charge on any atom is 0.219 e. The Bertz CT molecular complexity index is 462. The summed E-state index contributed by atoms with van der Waals surface area (Å²) in [5.74, 6) is 0.748. The largest absolute Gasteiger partial charge is 0.481 e. The van der Waals surface area contributed by atoms with Crippen molar-refractivity contribution in [3.63, 3.8) is 0 Å². The second-order valence-electron chi connectivity index (χ2n) is 3.23. The summed E-state index contributed by atoms with van der Waals surface area (Å²) >= 11 is 5.82. The number of hydrogen-bond acceptors (Lipinski definition) is 2. The molecule has 0 saturated carbocycles. The third kappa shape index (κ3) is 1.83. The van der Waals surface area contributed by atoms with Crippen LogP contribution in [-0.2, 0) is 0 Å². The average molecular weight is 223 g/mol. The second-order valence-corrected chi connectivity index (χ2v) is 3.66. The number of methoxy groups -OCH3 is 1. The molecule has 2 rings (SSSR count). The number of aryl methyl sites for hydroxylation is 1. The number of ether oxygens (including phenoxy) is 1. The van der Waals surface area contributed by atoms with Crippen molar-refractivity contribution in [3.05, 3.63) is 41.0 Å². The Morgan fingerprint density at radius 1 is 1.27 bits per heavy atom. The summed E-state index contributed by atoms with van der Waals surface area (Å²) in [6.07, 6.45) is 1.77. The zero-order valence-electron chi connectivity index (χ0n) is 8.57. The highest BCUT2D eigenvalue weighted by Crippen LogP contribution is 2.22. The number of rotatable bonds is 2. The SMILES string of the molecule is COc1c(C)cnn1-c1ccc(Cl)cc1. The van der Waals surface area contributed by atoms with Crippen molar-refractivity contribution in [2.45, 2.75) is 6.92 Å². The lowest BCUT2D eigenvalue weighted by atomic mass is 10.3. The molecular formula is C11H11ClN2O. The topological polar surface area (TPSA) is 27.1 Å². The van der Waals surface area contributed by atoms with Crippen LogP contribution in [0.1, 0.15) is 5.56 Å². The normalized spacial score (nSPS) is 10.3. The van der Waals surface area contributed by atoms with Crippen LogP contribution in [-0.4, -0.2) is 16.9 Å². The maximum absolute atomic E-state index is 5.82. The first-order chi connectivity index (χ1) is 7.22. The van der Waals surface area contributed by atoms with Gasteiger partial charge in [0.05, 0.1) is 19.0 Å². The molecule has 0 atom stereocenters. The molecule has 1 heterocycles. The molecule has 0 fully saturated rings. The molecule has 0 aliphatic rings. The molecule has 4 heteroatoms. The first kappa shape index (κ1) is 10.1. The van der Waals surface area contributed by atoms with Crippen LogP contribution in [0.15, 0.2) is 30.5 Å². The van der Waals surface area contributed by atoms with Gasteiger partial charge < -0.3 is 4.74 Å². The van der Waals surface area contributed by atoms with Gasteiger partial charge in [0.15, 0.2) is 0 Å². The van der Waals surface area contributed by atoms with E-state index in [1.807, 2.05) is 31.2 Å². The van der Waals surface area contributed by atoms with Gasteiger partial charge in [0.2, 0.25) is 5.88 Å². The van der Waals surface area contributed by atoms with Crippen molar-refractivity contribution in [2.24, 2.45) is 0 Å². The molecule has 0 bridgehead atoms. The fraction of sp³-hybridized carbons (Fsp3) is 0.182. The van der Waals surface area contributed by atoms with Crippen LogP contribution in [0.2, 0.25) is 5.02 Å². The van der Waals surface area contributed by atoms with Gasteiger partial charge in [-0.1, -0.05) is 11.6 Å². The van der Waals surface area contributed by atoms with Crippen LogP contribution >= 0.6 is 11.6 Å². The lowest BCUT2D eigenvalue weighted by molar-refractivity contribution is 0.381. The van der Waals surface area contributed by atoms with Crippen LogP contribution in [0.3, 0.4) is 0 Å². The van der Waals surface area contributed by atoms with Crippen LogP contribution in [0.4, 0.5) is 0 Å². The fourth-order valence-corrected chi connectivity index (χ4v) is 1.56. The Hall–Kier alpha value is -1.48. The van der Waals surface area contributed by atoms with Crippen molar-refractivity contribution in [3.8, 4) is 11.6 Å². The van der Waals surface area contributed by atoms with E-state index < -0.39 is 0 Å². The molecule has 3 nitrogen and oxygen atoms in total. The van der Waals surface area contributed by atoms with Crippen molar-refractivity contribution < 1.29 is 4.74 Å². The molecular weight excluding hydrogens is 212 g/mol. The van der Waals surface area contributed by atoms with E-state index in [1.165, 1.54) is 0 Å². The molecule has 1 aromatic carbocycles. The molecule has 0 spiro atoms. The minimum atomic E-state index is 0.710. The van der Waals surface area contributed by atoms with E-state index in [9.17, 15) is 0 Å². The molecule has 2 aromatic rings. The van der Waals surface area contributed by atoms with Gasteiger partial charge in [-0.2, -0.15) is 5.10 Å². The van der Waals surface area contributed by atoms with Gasteiger partial charge in [-0.15, -0.1) is 0 Å². The van der Waals surface area contributed by atoms with Crippen LogP contribution in [0.5, 0.6) is 5.88 Å². The molecule has 0 N–H and O–H groups in total. The Labute approximate surface area is 93.2 Å². The highest BCUT2D eigenvalue weighted by atomic mass is 35.5. The van der Waals surface area contributed by atoms with E-state index >= 15 is 0 Å². The van der Waals surface area contributed by atoms with Crippen molar-refractivity contribution in [1.82, 2.24) is 9.78 Å². The molecule has 1 aromatic heterocycles. The molecule has 0 saturated heterocycles. The minimum absolute atomic E-state index is 0.710. The molecule has 0 unspecified atom stereocenters. The van der Waals surface area contributed by atoms with Gasteiger partial charge in [0.1, 0.15) is 0 Å². The number of benzene rings is 1. The minimum Gasteiger partial charge on any atom is -0.481 e. The van der Waals surface area contributed by atoms with E-state index in [4.69, 9.17) is 16.3 Å². The summed E-state index contributed by atoms with van der Waals surface area (Å²) in [4.78, 5) is 0. The third-order valence-corrected chi connectivity index (χ3v) is 2.41. The highest BCUT2D eigenvalue weighted by Gasteiger charge is 2.08. The van der Waals surface area contributed by atoms with E-state index in [2.05, 4.69) is 5.10 Å². The summed E-state index contributed by atoms with van der Waals surface area (Å²) in [6.45, 7) is 1.96. The number of aromatic nitrogens is 2. The standard InChI is InChI=1S/C11H11ClN2O/c1-8-7-13-14(11(8)15-2)10-5-3-9(12)4-6-10/h3-7H,1-2H3. The summed E-state index contributed by atoms with van der Waals surface area (Å²) in [5, 5.41) is 4.94. The maximum atomic E-state index is 5.82. The smallest absolute Gasteiger partial charge is 0.219 e. The number of nitrogens with zero attached hydrogens (tertiary/aromatic N) is 2. The van der Waals surface area contributed by atoms with Crippen molar-refractivity contribution in [1.29, 1.82) is 0 Å². The van der Waals surface area contributed by atoms with E-state index in [0.717, 1.165) is 17.1 Å². The van der Waals surface area contributed by atoms with E-state index in [1.54, 1.807) is 18.0 Å². The summed E-state index contributed by atoms with van der Waals surface area (Å²) in [7, 11) is 1.64. The van der Waals surface area contributed by atoms with E-state index in [-0.39, 0.29) is 0 Å². The molecule has 0 amide bonds. The lowest BCUT2D eigenvalue weighted by Gasteiger charge is -2.06. The average Bonchev–Trinajstić information content (AvgIpc) is 2.61. The Morgan fingerprint density at radius 2 is 1.93 bits per heavy atom. The van der Waals surface area contributed by atoms with Crippen molar-refractivity contribution >= 4 is 11.6 Å².